The number of pyridine rings is 1. The van der Waals surface area contributed by atoms with Gasteiger partial charge in [-0.2, -0.15) is 0 Å². The molecular weight excluding hydrogens is 322 g/mol. The van der Waals surface area contributed by atoms with Gasteiger partial charge < -0.3 is 15.2 Å². The lowest BCUT2D eigenvalue weighted by Gasteiger charge is -2.11. The lowest BCUT2D eigenvalue weighted by Crippen LogP contribution is -2.38. The Morgan fingerprint density at radius 3 is 2.88 bits per heavy atom. The summed E-state index contributed by atoms with van der Waals surface area (Å²) in [5.74, 6) is 0.883. The lowest BCUT2D eigenvalue weighted by atomic mass is 10.2. The molecule has 2 heterocycles. The summed E-state index contributed by atoms with van der Waals surface area (Å²) in [5.41, 5.74) is 2.52. The van der Waals surface area contributed by atoms with Crippen molar-refractivity contribution in [1.82, 2.24) is 20.2 Å². The number of para-hydroxylation sites is 1. The van der Waals surface area contributed by atoms with Gasteiger partial charge in [0.2, 0.25) is 0 Å². The Morgan fingerprint density at radius 2 is 2.04 bits per heavy atom. The quantitative estimate of drug-likeness (QED) is 0.373. The van der Waals surface area contributed by atoms with Gasteiger partial charge in [-0.25, -0.2) is 0 Å². The maximum atomic E-state index is 4.69. The normalized spacial score (nSPS) is 11.7. The molecule has 3 aromatic rings. The summed E-state index contributed by atoms with van der Waals surface area (Å²) < 4.78 is 2.30. The Balaban J connectivity index is 1.46. The average Bonchev–Trinajstić information content (AvgIpc) is 3.09. The fourth-order valence-corrected chi connectivity index (χ4v) is 2.98. The highest BCUT2D eigenvalue weighted by Crippen LogP contribution is 2.15. The van der Waals surface area contributed by atoms with Crippen LogP contribution in [0.25, 0.3) is 10.9 Å². The van der Waals surface area contributed by atoms with E-state index >= 15 is 0 Å². The van der Waals surface area contributed by atoms with Gasteiger partial charge in [-0.15, -0.1) is 0 Å². The molecule has 2 aromatic heterocycles. The van der Waals surface area contributed by atoms with E-state index in [1.165, 1.54) is 16.5 Å². The van der Waals surface area contributed by atoms with E-state index in [-0.39, 0.29) is 0 Å². The fraction of sp³-hybridized carbons (Fsp3) is 0.333. The molecule has 0 saturated carbocycles. The zero-order valence-corrected chi connectivity index (χ0v) is 15.4. The Labute approximate surface area is 155 Å². The summed E-state index contributed by atoms with van der Waals surface area (Å²) >= 11 is 0. The number of hydrogen-bond donors (Lipinski definition) is 2. The molecule has 0 unspecified atom stereocenters. The van der Waals surface area contributed by atoms with E-state index in [1.807, 2.05) is 12.3 Å². The van der Waals surface area contributed by atoms with Crippen LogP contribution in [0.5, 0.6) is 0 Å². The topological polar surface area (TPSA) is 54.2 Å². The van der Waals surface area contributed by atoms with Crippen LogP contribution in [0.3, 0.4) is 0 Å². The molecular formula is C21H27N5. The summed E-state index contributed by atoms with van der Waals surface area (Å²) in [7, 11) is 0. The molecule has 0 bridgehead atoms. The predicted molar refractivity (Wildman–Crippen MR) is 108 cm³/mol. The van der Waals surface area contributed by atoms with Gasteiger partial charge in [0.15, 0.2) is 5.96 Å². The second kappa shape index (κ2) is 9.61. The average molecular weight is 349 g/mol. The van der Waals surface area contributed by atoms with Gasteiger partial charge in [0, 0.05) is 50.3 Å². The van der Waals surface area contributed by atoms with Gasteiger partial charge in [-0.3, -0.25) is 9.98 Å². The molecule has 5 heteroatoms. The van der Waals surface area contributed by atoms with Crippen molar-refractivity contribution in [3.63, 3.8) is 0 Å². The highest BCUT2D eigenvalue weighted by Gasteiger charge is 2.00. The predicted octanol–water partition coefficient (Wildman–Crippen LogP) is 3.22. The Morgan fingerprint density at radius 1 is 1.12 bits per heavy atom. The third kappa shape index (κ3) is 5.09. The van der Waals surface area contributed by atoms with Crippen molar-refractivity contribution < 1.29 is 0 Å². The number of aliphatic imine (C=N–C) groups is 1. The number of guanidine groups is 1. The largest absolute Gasteiger partial charge is 0.357 e. The minimum Gasteiger partial charge on any atom is -0.357 e. The molecule has 0 atom stereocenters. The van der Waals surface area contributed by atoms with Crippen molar-refractivity contribution in [2.45, 2.75) is 26.3 Å². The van der Waals surface area contributed by atoms with E-state index in [9.17, 15) is 0 Å². The highest BCUT2D eigenvalue weighted by atomic mass is 15.2. The Bertz CT molecular complexity index is 823. The molecule has 26 heavy (non-hydrogen) atoms. The maximum absolute atomic E-state index is 4.69. The summed E-state index contributed by atoms with van der Waals surface area (Å²) in [4.78, 5) is 8.84. The molecule has 0 aliphatic heterocycles. The van der Waals surface area contributed by atoms with Crippen LogP contribution in [0.15, 0.2) is 66.0 Å². The Hall–Kier alpha value is -2.82. The van der Waals surface area contributed by atoms with Crippen LogP contribution in [0.1, 0.15) is 18.9 Å². The monoisotopic (exact) mass is 349 g/mol. The number of aromatic nitrogens is 2. The number of rotatable bonds is 8. The van der Waals surface area contributed by atoms with Crippen LogP contribution in [-0.4, -0.2) is 35.1 Å². The molecule has 0 aliphatic rings. The standard InChI is InChI=1S/C21H27N5/c1-2-23-21(25-14-10-18-7-5-12-22-17-18)24-13-6-15-26-16-11-19-8-3-4-9-20(19)26/h3-5,7-9,11-12,16-17H,2,6,10,13-15H2,1H3,(H2,23,24,25). The molecule has 136 valence electrons. The molecule has 2 N–H and O–H groups in total. The van der Waals surface area contributed by atoms with Crippen molar-refractivity contribution in [1.29, 1.82) is 0 Å². The van der Waals surface area contributed by atoms with Crippen molar-refractivity contribution in [2.24, 2.45) is 4.99 Å². The van der Waals surface area contributed by atoms with Gasteiger partial charge >= 0.3 is 0 Å². The van der Waals surface area contributed by atoms with Gasteiger partial charge in [0.05, 0.1) is 0 Å². The number of fused-ring (bicyclic) bond motifs is 1. The SMILES string of the molecule is CCNC(=NCCCn1ccc2ccccc21)NCCc1cccnc1. The van der Waals surface area contributed by atoms with Crippen LogP contribution in [0, 0.1) is 0 Å². The van der Waals surface area contributed by atoms with Crippen LogP contribution in [0.4, 0.5) is 0 Å². The fourth-order valence-electron chi connectivity index (χ4n) is 2.98. The zero-order chi connectivity index (χ0) is 18.0. The molecule has 0 amide bonds. The van der Waals surface area contributed by atoms with E-state index in [2.05, 4.69) is 74.7 Å². The Kier molecular flexibility index (Phi) is 6.65. The van der Waals surface area contributed by atoms with E-state index in [4.69, 9.17) is 0 Å². The summed E-state index contributed by atoms with van der Waals surface area (Å²) in [6, 6.07) is 14.7. The third-order valence-electron chi connectivity index (χ3n) is 4.28. The second-order valence-electron chi connectivity index (χ2n) is 6.22. The molecule has 1 aromatic carbocycles. The summed E-state index contributed by atoms with van der Waals surface area (Å²) in [5, 5.41) is 8.00. The van der Waals surface area contributed by atoms with E-state index in [1.54, 1.807) is 6.20 Å². The first kappa shape index (κ1) is 18.0. The minimum atomic E-state index is 0.800. The first-order chi connectivity index (χ1) is 12.9. The van der Waals surface area contributed by atoms with Crippen molar-refractivity contribution >= 4 is 16.9 Å². The van der Waals surface area contributed by atoms with Crippen LogP contribution in [0.2, 0.25) is 0 Å². The third-order valence-corrected chi connectivity index (χ3v) is 4.28. The molecule has 0 aliphatic carbocycles. The lowest BCUT2D eigenvalue weighted by molar-refractivity contribution is 0.666. The van der Waals surface area contributed by atoms with E-state index in [0.717, 1.165) is 45.0 Å². The minimum absolute atomic E-state index is 0.800. The smallest absolute Gasteiger partial charge is 0.191 e. The molecule has 0 radical (unpaired) electrons. The van der Waals surface area contributed by atoms with Gasteiger partial charge in [0.1, 0.15) is 0 Å². The molecule has 5 nitrogen and oxygen atoms in total. The van der Waals surface area contributed by atoms with Crippen LogP contribution < -0.4 is 10.6 Å². The number of nitrogens with one attached hydrogen (secondary N) is 2. The number of benzene rings is 1. The second-order valence-corrected chi connectivity index (χ2v) is 6.22. The molecule has 3 rings (SSSR count). The molecule has 0 spiro atoms. The summed E-state index contributed by atoms with van der Waals surface area (Å²) in [6.07, 6.45) is 7.82. The van der Waals surface area contributed by atoms with Crippen LogP contribution >= 0.6 is 0 Å². The highest BCUT2D eigenvalue weighted by molar-refractivity contribution is 5.80. The van der Waals surface area contributed by atoms with E-state index < -0.39 is 0 Å². The molecule has 0 saturated heterocycles. The van der Waals surface area contributed by atoms with Gasteiger partial charge in [-0.05, 0) is 48.9 Å². The zero-order valence-electron chi connectivity index (χ0n) is 15.4. The van der Waals surface area contributed by atoms with Crippen molar-refractivity contribution in [3.8, 4) is 0 Å². The van der Waals surface area contributed by atoms with Gasteiger partial charge in [-0.1, -0.05) is 24.3 Å². The van der Waals surface area contributed by atoms with Gasteiger partial charge in [0.25, 0.3) is 0 Å². The van der Waals surface area contributed by atoms with Crippen LogP contribution in [-0.2, 0) is 13.0 Å². The van der Waals surface area contributed by atoms with E-state index in [0.29, 0.717) is 0 Å². The number of nitrogens with zero attached hydrogens (tertiary/aromatic N) is 3. The first-order valence-electron chi connectivity index (χ1n) is 9.32. The maximum Gasteiger partial charge on any atom is 0.191 e. The summed E-state index contributed by atoms with van der Waals surface area (Å²) in [6.45, 7) is 5.58. The van der Waals surface area contributed by atoms with Crippen molar-refractivity contribution in [3.05, 3.63) is 66.6 Å². The number of hydrogen-bond acceptors (Lipinski definition) is 2. The first-order valence-corrected chi connectivity index (χ1v) is 9.32. The number of aryl methyl sites for hydroxylation is 1. The molecule has 0 fully saturated rings. The van der Waals surface area contributed by atoms with Crippen molar-refractivity contribution in [2.75, 3.05) is 19.6 Å².